The Morgan fingerprint density at radius 2 is 1.78 bits per heavy atom. The van der Waals surface area contributed by atoms with Gasteiger partial charge in [0, 0.05) is 11.1 Å². The van der Waals surface area contributed by atoms with Crippen LogP contribution in [0.5, 0.6) is 0 Å². The maximum absolute atomic E-state index is 11.8. The Kier molecular flexibility index (Phi) is 4.46. The summed E-state index contributed by atoms with van der Waals surface area (Å²) in [6.07, 6.45) is 0. The average molecular weight is 260 g/mol. The predicted molar refractivity (Wildman–Crippen MR) is 73.0 cm³/mol. The van der Waals surface area contributed by atoms with E-state index in [1.54, 1.807) is 24.3 Å². The first kappa shape index (κ1) is 14.2. The molecule has 0 aliphatic carbocycles. The second-order valence-corrected chi connectivity index (χ2v) is 9.62. The van der Waals surface area contributed by atoms with Gasteiger partial charge in [0.05, 0.1) is 7.11 Å². The third-order valence-electron chi connectivity index (χ3n) is 2.11. The summed E-state index contributed by atoms with van der Waals surface area (Å²) in [6.45, 7) is 6.35. The van der Waals surface area contributed by atoms with Gasteiger partial charge in [0.1, 0.15) is 8.07 Å². The normalized spacial score (nSPS) is 10.2. The molecule has 0 saturated heterocycles. The molecule has 0 N–H and O–H groups in total. The van der Waals surface area contributed by atoms with Crippen molar-refractivity contribution < 1.29 is 14.3 Å². The van der Waals surface area contributed by atoms with E-state index >= 15 is 0 Å². The van der Waals surface area contributed by atoms with Crippen molar-refractivity contribution in [3.8, 4) is 11.5 Å². The molecule has 1 aromatic rings. The van der Waals surface area contributed by atoms with Crippen molar-refractivity contribution in [2.75, 3.05) is 7.11 Å². The minimum absolute atomic E-state index is 0.301. The molecule has 0 bridgehead atoms. The molecule has 1 rings (SSSR count). The van der Waals surface area contributed by atoms with Crippen molar-refractivity contribution in [3.63, 3.8) is 0 Å². The predicted octanol–water partition coefficient (Wildman–Crippen LogP) is 2.27. The van der Waals surface area contributed by atoms with Crippen LogP contribution in [-0.4, -0.2) is 26.9 Å². The quantitative estimate of drug-likeness (QED) is 0.269. The summed E-state index contributed by atoms with van der Waals surface area (Å²) in [7, 11) is -0.331. The van der Waals surface area contributed by atoms with Crippen LogP contribution in [0, 0.1) is 11.5 Å². The lowest BCUT2D eigenvalue weighted by molar-refractivity contribution is -0.135. The number of rotatable bonds is 2. The van der Waals surface area contributed by atoms with Crippen LogP contribution in [0.1, 0.15) is 15.9 Å². The molecule has 0 aromatic heterocycles. The Balaban J connectivity index is 3.18. The van der Waals surface area contributed by atoms with Gasteiger partial charge in [-0.15, -0.1) is 5.54 Å². The van der Waals surface area contributed by atoms with Gasteiger partial charge in [-0.3, -0.25) is 4.79 Å². The smallest absolute Gasteiger partial charge is 0.379 e. The lowest BCUT2D eigenvalue weighted by atomic mass is 10.0. The lowest BCUT2D eigenvalue weighted by Crippen LogP contribution is -2.18. The van der Waals surface area contributed by atoms with Gasteiger partial charge >= 0.3 is 5.97 Å². The molecule has 18 heavy (non-hydrogen) atoms. The number of ketones is 1. The molecule has 0 heterocycles. The molecule has 0 atom stereocenters. The molecular formula is C14H16O3Si. The summed E-state index contributed by atoms with van der Waals surface area (Å²) >= 11 is 0. The third-order valence-corrected chi connectivity index (χ3v) is 2.99. The molecule has 0 saturated carbocycles. The fraction of sp³-hybridized carbons (Fsp3) is 0.286. The van der Waals surface area contributed by atoms with Gasteiger partial charge in [-0.25, -0.2) is 4.79 Å². The largest absolute Gasteiger partial charge is 0.463 e. The second kappa shape index (κ2) is 5.65. The molecule has 0 aliphatic rings. The Morgan fingerprint density at radius 1 is 1.17 bits per heavy atom. The molecule has 1 aromatic carbocycles. The van der Waals surface area contributed by atoms with Crippen LogP contribution in [0.3, 0.4) is 0 Å². The van der Waals surface area contributed by atoms with E-state index in [0.29, 0.717) is 11.1 Å². The lowest BCUT2D eigenvalue weighted by Gasteiger charge is -2.05. The number of carbonyl (C=O) groups is 2. The zero-order valence-corrected chi connectivity index (χ0v) is 12.0. The van der Waals surface area contributed by atoms with Gasteiger partial charge in [0.2, 0.25) is 0 Å². The number of esters is 1. The highest BCUT2D eigenvalue weighted by Crippen LogP contribution is 2.10. The highest BCUT2D eigenvalue weighted by atomic mass is 28.3. The number of benzene rings is 1. The summed E-state index contributed by atoms with van der Waals surface area (Å²) in [4.78, 5) is 23.0. The molecule has 0 amide bonds. The van der Waals surface area contributed by atoms with Crippen LogP contribution in [0.25, 0.3) is 0 Å². The summed E-state index contributed by atoms with van der Waals surface area (Å²) in [5.74, 6) is 1.48. The number of hydrogen-bond acceptors (Lipinski definition) is 3. The van der Waals surface area contributed by atoms with E-state index in [1.807, 2.05) is 0 Å². The molecular weight excluding hydrogens is 244 g/mol. The second-order valence-electron chi connectivity index (χ2n) is 4.87. The fourth-order valence-corrected chi connectivity index (χ4v) is 1.76. The van der Waals surface area contributed by atoms with E-state index in [0.717, 1.165) is 0 Å². The monoisotopic (exact) mass is 260 g/mol. The van der Waals surface area contributed by atoms with Crippen LogP contribution in [0.2, 0.25) is 19.6 Å². The number of hydrogen-bond donors (Lipinski definition) is 0. The topological polar surface area (TPSA) is 43.4 Å². The van der Waals surface area contributed by atoms with Crippen LogP contribution in [-0.2, 0) is 9.53 Å². The van der Waals surface area contributed by atoms with Crippen molar-refractivity contribution in [1.82, 2.24) is 0 Å². The van der Waals surface area contributed by atoms with E-state index in [2.05, 4.69) is 35.8 Å². The third kappa shape index (κ3) is 3.86. The molecule has 0 fully saturated rings. The molecule has 3 nitrogen and oxygen atoms in total. The molecule has 0 radical (unpaired) electrons. The van der Waals surface area contributed by atoms with Crippen molar-refractivity contribution in [1.29, 1.82) is 0 Å². The standard InChI is InChI=1S/C14H16O3Si/c1-17-14(16)13(15)12-8-6-5-7-11(12)9-10-18(2,3)4/h5-8H,1-4H3. The summed E-state index contributed by atoms with van der Waals surface area (Å²) in [6, 6.07) is 6.83. The zero-order valence-electron chi connectivity index (χ0n) is 11.0. The Hall–Kier alpha value is -1.86. The minimum atomic E-state index is -1.52. The molecule has 4 heteroatoms. The number of ether oxygens (including phenoxy) is 1. The van der Waals surface area contributed by atoms with Gasteiger partial charge < -0.3 is 4.74 Å². The molecule has 0 aliphatic heterocycles. The van der Waals surface area contributed by atoms with Crippen molar-refractivity contribution in [3.05, 3.63) is 35.4 Å². The van der Waals surface area contributed by atoms with E-state index < -0.39 is 19.8 Å². The molecule has 0 spiro atoms. The van der Waals surface area contributed by atoms with Gasteiger partial charge in [-0.1, -0.05) is 37.7 Å². The summed E-state index contributed by atoms with van der Waals surface area (Å²) < 4.78 is 4.44. The highest BCUT2D eigenvalue weighted by Gasteiger charge is 2.19. The van der Waals surface area contributed by atoms with Crippen LogP contribution in [0.15, 0.2) is 24.3 Å². The zero-order chi connectivity index (χ0) is 13.8. The maximum atomic E-state index is 11.8. The van der Waals surface area contributed by atoms with Gasteiger partial charge in [-0.05, 0) is 12.1 Å². The van der Waals surface area contributed by atoms with Crippen LogP contribution < -0.4 is 0 Å². The van der Waals surface area contributed by atoms with Crippen molar-refractivity contribution >= 4 is 19.8 Å². The first-order valence-corrected chi connectivity index (χ1v) is 9.10. The number of Topliss-reactive ketones (excluding diaryl/α,β-unsaturated/α-hetero) is 1. The average Bonchev–Trinajstić information content (AvgIpc) is 2.34. The van der Waals surface area contributed by atoms with E-state index in [9.17, 15) is 9.59 Å². The molecule has 94 valence electrons. The van der Waals surface area contributed by atoms with Crippen LogP contribution >= 0.6 is 0 Å². The number of carbonyl (C=O) groups excluding carboxylic acids is 2. The van der Waals surface area contributed by atoms with E-state index in [1.165, 1.54) is 7.11 Å². The molecule has 0 unspecified atom stereocenters. The summed E-state index contributed by atoms with van der Waals surface area (Å²) in [5.41, 5.74) is 4.05. The first-order valence-electron chi connectivity index (χ1n) is 5.60. The fourth-order valence-electron chi connectivity index (χ4n) is 1.25. The Morgan fingerprint density at radius 3 is 2.33 bits per heavy atom. The summed E-state index contributed by atoms with van der Waals surface area (Å²) in [5, 5.41) is 0. The Bertz CT molecular complexity index is 530. The van der Waals surface area contributed by atoms with Gasteiger partial charge in [0.25, 0.3) is 5.78 Å². The van der Waals surface area contributed by atoms with Crippen LogP contribution in [0.4, 0.5) is 0 Å². The minimum Gasteiger partial charge on any atom is -0.463 e. The van der Waals surface area contributed by atoms with Crippen molar-refractivity contribution in [2.45, 2.75) is 19.6 Å². The SMILES string of the molecule is COC(=O)C(=O)c1ccccc1C#C[Si](C)(C)C. The van der Waals surface area contributed by atoms with E-state index in [4.69, 9.17) is 0 Å². The Labute approximate surface area is 108 Å². The first-order chi connectivity index (χ1) is 8.35. The van der Waals surface area contributed by atoms with Gasteiger partial charge in [0.15, 0.2) is 0 Å². The number of methoxy groups -OCH3 is 1. The van der Waals surface area contributed by atoms with Gasteiger partial charge in [-0.2, -0.15) is 0 Å². The van der Waals surface area contributed by atoms with Crippen molar-refractivity contribution in [2.24, 2.45) is 0 Å². The van der Waals surface area contributed by atoms with E-state index in [-0.39, 0.29) is 0 Å². The highest BCUT2D eigenvalue weighted by molar-refractivity contribution is 6.83. The maximum Gasteiger partial charge on any atom is 0.379 e.